The maximum atomic E-state index is 12.4. The predicted molar refractivity (Wildman–Crippen MR) is 78.7 cm³/mol. The van der Waals surface area contributed by atoms with Crippen molar-refractivity contribution in [1.29, 1.82) is 0 Å². The number of hydrogen-bond donors (Lipinski definition) is 1. The number of carbonyl (C=O) groups is 2. The van der Waals surface area contributed by atoms with Gasteiger partial charge in [-0.1, -0.05) is 0 Å². The van der Waals surface area contributed by atoms with Crippen LogP contribution in [0.3, 0.4) is 0 Å². The third-order valence-corrected chi connectivity index (χ3v) is 4.29. The molecule has 0 saturated heterocycles. The Kier molecular flexibility index (Phi) is 5.31. The van der Waals surface area contributed by atoms with E-state index in [1.807, 2.05) is 19.2 Å². The minimum atomic E-state index is -0.730. The van der Waals surface area contributed by atoms with Crippen molar-refractivity contribution >= 4 is 11.9 Å². The van der Waals surface area contributed by atoms with Crippen molar-refractivity contribution in [3.05, 3.63) is 30.1 Å². The highest BCUT2D eigenvalue weighted by Gasteiger charge is 2.30. The van der Waals surface area contributed by atoms with E-state index in [1.54, 1.807) is 17.3 Å². The summed E-state index contributed by atoms with van der Waals surface area (Å²) in [5, 5.41) is 8.98. The number of carboxylic acid groups (broad SMARTS) is 1. The van der Waals surface area contributed by atoms with Crippen molar-refractivity contribution in [2.75, 3.05) is 13.6 Å². The lowest BCUT2D eigenvalue weighted by Crippen LogP contribution is -2.37. The molecule has 0 spiro atoms. The Morgan fingerprint density at radius 2 is 1.76 bits per heavy atom. The van der Waals surface area contributed by atoms with Gasteiger partial charge in [-0.05, 0) is 49.8 Å². The number of carbonyl (C=O) groups excluding carboxylic acids is 1. The van der Waals surface area contributed by atoms with Gasteiger partial charge in [-0.25, -0.2) is 0 Å². The molecule has 1 amide bonds. The van der Waals surface area contributed by atoms with Crippen molar-refractivity contribution in [2.45, 2.75) is 32.1 Å². The molecular formula is C16H22N2O3. The summed E-state index contributed by atoms with van der Waals surface area (Å²) < 4.78 is 0. The number of nitrogens with zero attached hydrogens (tertiary/aromatic N) is 2. The van der Waals surface area contributed by atoms with Crippen LogP contribution in [0.15, 0.2) is 24.5 Å². The van der Waals surface area contributed by atoms with Gasteiger partial charge < -0.3 is 10.0 Å². The summed E-state index contributed by atoms with van der Waals surface area (Å²) in [6, 6.07) is 3.91. The predicted octanol–water partition coefficient (Wildman–Crippen LogP) is 1.97. The Balaban J connectivity index is 1.79. The zero-order valence-electron chi connectivity index (χ0n) is 12.4. The van der Waals surface area contributed by atoms with E-state index in [0.29, 0.717) is 32.2 Å². The van der Waals surface area contributed by atoms with Crippen LogP contribution in [0.2, 0.25) is 0 Å². The van der Waals surface area contributed by atoms with Crippen LogP contribution in [0, 0.1) is 11.8 Å². The molecule has 1 aromatic rings. The average molecular weight is 290 g/mol. The van der Waals surface area contributed by atoms with Gasteiger partial charge in [0.15, 0.2) is 0 Å². The Morgan fingerprint density at radius 3 is 2.33 bits per heavy atom. The van der Waals surface area contributed by atoms with Gasteiger partial charge in [-0.15, -0.1) is 0 Å². The van der Waals surface area contributed by atoms with Crippen molar-refractivity contribution in [2.24, 2.45) is 11.8 Å². The molecule has 21 heavy (non-hydrogen) atoms. The molecule has 2 rings (SSSR count). The van der Waals surface area contributed by atoms with Crippen LogP contribution in [0.4, 0.5) is 0 Å². The lowest BCUT2D eigenvalue weighted by atomic mass is 9.81. The summed E-state index contributed by atoms with van der Waals surface area (Å²) in [6.45, 7) is 0.682. The second kappa shape index (κ2) is 7.20. The largest absolute Gasteiger partial charge is 0.481 e. The van der Waals surface area contributed by atoms with Gasteiger partial charge in [0.2, 0.25) is 5.91 Å². The quantitative estimate of drug-likeness (QED) is 0.900. The van der Waals surface area contributed by atoms with E-state index < -0.39 is 5.97 Å². The first kappa shape index (κ1) is 15.5. The average Bonchev–Trinajstić information content (AvgIpc) is 2.53. The normalized spacial score (nSPS) is 21.8. The van der Waals surface area contributed by atoms with Gasteiger partial charge in [0.25, 0.3) is 0 Å². The summed E-state index contributed by atoms with van der Waals surface area (Å²) in [5.41, 5.74) is 1.17. The highest BCUT2D eigenvalue weighted by atomic mass is 16.4. The Bertz CT molecular complexity index is 482. The zero-order chi connectivity index (χ0) is 15.2. The summed E-state index contributed by atoms with van der Waals surface area (Å²) in [5.74, 6) is -0.862. The summed E-state index contributed by atoms with van der Waals surface area (Å²) in [6.07, 6.45) is 6.93. The fraction of sp³-hybridized carbons (Fsp3) is 0.562. The monoisotopic (exact) mass is 290 g/mol. The number of rotatable bonds is 5. The number of aliphatic carboxylic acids is 1. The van der Waals surface area contributed by atoms with Crippen LogP contribution in [0.25, 0.3) is 0 Å². The van der Waals surface area contributed by atoms with Gasteiger partial charge in [-0.2, -0.15) is 0 Å². The fourth-order valence-electron chi connectivity index (χ4n) is 2.86. The van der Waals surface area contributed by atoms with E-state index in [2.05, 4.69) is 4.98 Å². The molecule has 1 saturated carbocycles. The van der Waals surface area contributed by atoms with E-state index in [1.165, 1.54) is 5.56 Å². The van der Waals surface area contributed by atoms with Crippen LogP contribution >= 0.6 is 0 Å². The Labute approximate surface area is 125 Å². The molecule has 5 heteroatoms. The molecule has 0 aliphatic heterocycles. The molecule has 0 unspecified atom stereocenters. The minimum Gasteiger partial charge on any atom is -0.481 e. The van der Waals surface area contributed by atoms with E-state index in [9.17, 15) is 9.59 Å². The molecule has 1 aliphatic carbocycles. The summed E-state index contributed by atoms with van der Waals surface area (Å²) in [7, 11) is 1.83. The number of pyridine rings is 1. The van der Waals surface area contributed by atoms with E-state index in [0.717, 1.165) is 6.42 Å². The van der Waals surface area contributed by atoms with Crippen LogP contribution in [0.1, 0.15) is 31.2 Å². The maximum Gasteiger partial charge on any atom is 0.306 e. The molecular weight excluding hydrogens is 268 g/mol. The number of amides is 1. The highest BCUT2D eigenvalue weighted by molar-refractivity contribution is 5.79. The summed E-state index contributed by atoms with van der Waals surface area (Å²) in [4.78, 5) is 29.0. The third kappa shape index (κ3) is 4.28. The zero-order valence-corrected chi connectivity index (χ0v) is 12.4. The molecule has 1 fully saturated rings. The molecule has 0 aromatic carbocycles. The molecule has 1 aromatic heterocycles. The Morgan fingerprint density at radius 1 is 1.19 bits per heavy atom. The number of aromatic nitrogens is 1. The van der Waals surface area contributed by atoms with Gasteiger partial charge in [0.1, 0.15) is 0 Å². The van der Waals surface area contributed by atoms with Gasteiger partial charge in [0.05, 0.1) is 5.92 Å². The molecule has 0 bridgehead atoms. The molecule has 1 aliphatic rings. The molecule has 114 valence electrons. The lowest BCUT2D eigenvalue weighted by Gasteiger charge is -2.29. The van der Waals surface area contributed by atoms with Crippen molar-refractivity contribution in [3.8, 4) is 0 Å². The first-order chi connectivity index (χ1) is 10.1. The van der Waals surface area contributed by atoms with E-state index >= 15 is 0 Å². The smallest absolute Gasteiger partial charge is 0.306 e. The first-order valence-electron chi connectivity index (χ1n) is 7.44. The standard InChI is InChI=1S/C16H22N2O3/c1-18(11-8-12-6-9-17-10-7-12)15(19)13-2-4-14(5-3-13)16(20)21/h6-7,9-10,13-14H,2-5,8,11H2,1H3,(H,20,21). The lowest BCUT2D eigenvalue weighted by molar-refractivity contribution is -0.145. The minimum absolute atomic E-state index is 0.0111. The van der Waals surface area contributed by atoms with Crippen molar-refractivity contribution in [1.82, 2.24) is 9.88 Å². The molecule has 0 atom stereocenters. The second-order valence-electron chi connectivity index (χ2n) is 5.75. The van der Waals surface area contributed by atoms with Gasteiger partial charge in [-0.3, -0.25) is 14.6 Å². The first-order valence-corrected chi connectivity index (χ1v) is 7.44. The molecule has 5 nitrogen and oxygen atoms in total. The van der Waals surface area contributed by atoms with Crippen molar-refractivity contribution < 1.29 is 14.7 Å². The van der Waals surface area contributed by atoms with Gasteiger partial charge in [0, 0.05) is 31.9 Å². The highest BCUT2D eigenvalue weighted by Crippen LogP contribution is 2.30. The molecule has 0 radical (unpaired) electrons. The SMILES string of the molecule is CN(CCc1ccncc1)C(=O)C1CCC(C(=O)O)CC1. The fourth-order valence-corrected chi connectivity index (χ4v) is 2.86. The number of hydrogen-bond acceptors (Lipinski definition) is 3. The topological polar surface area (TPSA) is 70.5 Å². The Hall–Kier alpha value is -1.91. The van der Waals surface area contributed by atoms with Crippen LogP contribution in [-0.2, 0) is 16.0 Å². The summed E-state index contributed by atoms with van der Waals surface area (Å²) >= 11 is 0. The van der Waals surface area contributed by atoms with Crippen LogP contribution in [0.5, 0.6) is 0 Å². The van der Waals surface area contributed by atoms with Crippen molar-refractivity contribution in [3.63, 3.8) is 0 Å². The van der Waals surface area contributed by atoms with E-state index in [4.69, 9.17) is 5.11 Å². The van der Waals surface area contributed by atoms with Crippen LogP contribution in [-0.4, -0.2) is 40.5 Å². The molecule has 1 heterocycles. The number of carboxylic acids is 1. The molecule has 1 N–H and O–H groups in total. The maximum absolute atomic E-state index is 12.4. The van der Waals surface area contributed by atoms with E-state index in [-0.39, 0.29) is 17.7 Å². The van der Waals surface area contributed by atoms with Crippen LogP contribution < -0.4 is 0 Å². The third-order valence-electron chi connectivity index (χ3n) is 4.29. The van der Waals surface area contributed by atoms with Gasteiger partial charge >= 0.3 is 5.97 Å². The second-order valence-corrected chi connectivity index (χ2v) is 5.75. The number of likely N-dealkylation sites (N-methyl/N-ethyl adjacent to an activating group) is 1.